The molecule has 5 heteroatoms. The fourth-order valence-corrected chi connectivity index (χ4v) is 2.09. The number of aliphatic carboxylic acids is 1. The molecule has 0 bridgehead atoms. The number of aryl methyl sites for hydroxylation is 1. The molecule has 0 aliphatic carbocycles. The Labute approximate surface area is 119 Å². The highest BCUT2D eigenvalue weighted by atomic mass is 16.4. The van der Waals surface area contributed by atoms with Gasteiger partial charge in [0.2, 0.25) is 0 Å². The molecule has 1 N–H and O–H groups in total. The Kier molecular flexibility index (Phi) is 5.55. The molecule has 0 saturated carbocycles. The van der Waals surface area contributed by atoms with Gasteiger partial charge in [-0.25, -0.2) is 9.59 Å². The Balaban J connectivity index is 2.97. The molecule has 5 nitrogen and oxygen atoms in total. The number of benzene rings is 1. The number of carboxylic acids is 1. The lowest BCUT2D eigenvalue weighted by Crippen LogP contribution is -2.49. The first-order valence-corrected chi connectivity index (χ1v) is 6.76. The summed E-state index contributed by atoms with van der Waals surface area (Å²) in [5.41, 5.74) is 1.89. The lowest BCUT2D eigenvalue weighted by atomic mass is 10.2. The van der Waals surface area contributed by atoms with Crippen molar-refractivity contribution >= 4 is 17.7 Å². The van der Waals surface area contributed by atoms with E-state index in [1.54, 1.807) is 11.8 Å². The van der Waals surface area contributed by atoms with Gasteiger partial charge in [0.1, 0.15) is 6.04 Å². The second kappa shape index (κ2) is 6.93. The van der Waals surface area contributed by atoms with Crippen LogP contribution in [0.2, 0.25) is 0 Å². The summed E-state index contributed by atoms with van der Waals surface area (Å²) in [4.78, 5) is 26.5. The highest BCUT2D eigenvalue weighted by Gasteiger charge is 2.28. The van der Waals surface area contributed by atoms with E-state index in [9.17, 15) is 9.59 Å². The Morgan fingerprint density at radius 1 is 1.20 bits per heavy atom. The molecular formula is C15H22N2O3. The summed E-state index contributed by atoms with van der Waals surface area (Å²) < 4.78 is 0. The Morgan fingerprint density at radius 2 is 1.75 bits per heavy atom. The average molecular weight is 278 g/mol. The van der Waals surface area contributed by atoms with E-state index in [0.717, 1.165) is 11.3 Å². The summed E-state index contributed by atoms with van der Waals surface area (Å²) in [5.74, 6) is -0.983. The van der Waals surface area contributed by atoms with Gasteiger partial charge in [0, 0.05) is 19.3 Å². The SMILES string of the molecule is CCC(C(=O)O)N(C)C(=O)N(CC)c1ccc(C)cc1. The van der Waals surface area contributed by atoms with Gasteiger partial charge in [-0.15, -0.1) is 0 Å². The van der Waals surface area contributed by atoms with Gasteiger partial charge in [0.05, 0.1) is 0 Å². The van der Waals surface area contributed by atoms with Gasteiger partial charge in [0.15, 0.2) is 0 Å². The third kappa shape index (κ3) is 3.50. The molecule has 0 fully saturated rings. The van der Waals surface area contributed by atoms with Gasteiger partial charge in [-0.1, -0.05) is 24.6 Å². The van der Waals surface area contributed by atoms with Crippen LogP contribution in [-0.2, 0) is 4.79 Å². The minimum atomic E-state index is -0.983. The van der Waals surface area contributed by atoms with Crippen molar-refractivity contribution in [1.82, 2.24) is 4.90 Å². The number of urea groups is 1. The van der Waals surface area contributed by atoms with Crippen molar-refractivity contribution in [2.75, 3.05) is 18.5 Å². The molecule has 0 aromatic heterocycles. The Bertz CT molecular complexity index is 471. The number of carbonyl (C=O) groups excluding carboxylic acids is 1. The molecule has 0 heterocycles. The Morgan fingerprint density at radius 3 is 2.15 bits per heavy atom. The Hall–Kier alpha value is -2.04. The molecule has 20 heavy (non-hydrogen) atoms. The molecule has 0 aliphatic heterocycles. The van der Waals surface area contributed by atoms with Crippen molar-refractivity contribution < 1.29 is 14.7 Å². The average Bonchev–Trinajstić information content (AvgIpc) is 2.41. The number of carboxylic acid groups (broad SMARTS) is 1. The van der Waals surface area contributed by atoms with E-state index in [1.807, 2.05) is 38.1 Å². The first-order chi connectivity index (χ1) is 9.42. The van der Waals surface area contributed by atoms with Crippen molar-refractivity contribution in [3.05, 3.63) is 29.8 Å². The predicted octanol–water partition coefficient (Wildman–Crippen LogP) is 2.74. The highest BCUT2D eigenvalue weighted by Crippen LogP contribution is 2.17. The summed E-state index contributed by atoms with van der Waals surface area (Å²) in [5, 5.41) is 9.14. The van der Waals surface area contributed by atoms with E-state index >= 15 is 0 Å². The maximum atomic E-state index is 12.5. The largest absolute Gasteiger partial charge is 0.480 e. The van der Waals surface area contributed by atoms with Gasteiger partial charge < -0.3 is 10.0 Å². The molecule has 1 aromatic rings. The van der Waals surface area contributed by atoms with E-state index in [-0.39, 0.29) is 6.03 Å². The fraction of sp³-hybridized carbons (Fsp3) is 0.467. The maximum Gasteiger partial charge on any atom is 0.326 e. The number of carbonyl (C=O) groups is 2. The smallest absolute Gasteiger partial charge is 0.326 e. The minimum absolute atomic E-state index is 0.300. The zero-order valence-electron chi connectivity index (χ0n) is 12.5. The molecular weight excluding hydrogens is 256 g/mol. The lowest BCUT2D eigenvalue weighted by Gasteiger charge is -2.30. The zero-order valence-corrected chi connectivity index (χ0v) is 12.5. The second-order valence-electron chi connectivity index (χ2n) is 4.74. The summed E-state index contributed by atoms with van der Waals surface area (Å²) in [6.45, 7) is 6.09. The van der Waals surface area contributed by atoms with E-state index in [2.05, 4.69) is 0 Å². The van der Waals surface area contributed by atoms with Crippen molar-refractivity contribution in [3.63, 3.8) is 0 Å². The summed E-state index contributed by atoms with van der Waals surface area (Å²) >= 11 is 0. The topological polar surface area (TPSA) is 60.9 Å². The van der Waals surface area contributed by atoms with Crippen LogP contribution < -0.4 is 4.90 Å². The molecule has 1 atom stereocenters. The third-order valence-corrected chi connectivity index (χ3v) is 3.33. The number of likely N-dealkylation sites (N-methyl/N-ethyl adjacent to an activating group) is 1. The van der Waals surface area contributed by atoms with Gasteiger partial charge in [0.25, 0.3) is 0 Å². The van der Waals surface area contributed by atoms with Gasteiger partial charge in [-0.2, -0.15) is 0 Å². The molecule has 1 rings (SSSR count). The van der Waals surface area contributed by atoms with Gasteiger partial charge in [-0.3, -0.25) is 4.90 Å². The molecule has 0 aliphatic rings. The molecule has 110 valence electrons. The lowest BCUT2D eigenvalue weighted by molar-refractivity contribution is -0.141. The minimum Gasteiger partial charge on any atom is -0.480 e. The molecule has 2 amide bonds. The van der Waals surface area contributed by atoms with Crippen LogP contribution in [0.1, 0.15) is 25.8 Å². The van der Waals surface area contributed by atoms with Gasteiger partial charge >= 0.3 is 12.0 Å². The number of nitrogens with zero attached hydrogens (tertiary/aromatic N) is 2. The van der Waals surface area contributed by atoms with E-state index in [4.69, 9.17) is 5.11 Å². The number of amides is 2. The highest BCUT2D eigenvalue weighted by molar-refractivity contribution is 5.94. The quantitative estimate of drug-likeness (QED) is 0.901. The summed E-state index contributed by atoms with van der Waals surface area (Å²) in [6, 6.07) is 6.49. The number of hydrogen-bond donors (Lipinski definition) is 1. The van der Waals surface area contributed by atoms with Crippen LogP contribution in [0.25, 0.3) is 0 Å². The van der Waals surface area contributed by atoms with Crippen LogP contribution in [-0.4, -0.2) is 41.6 Å². The third-order valence-electron chi connectivity index (χ3n) is 3.33. The van der Waals surface area contributed by atoms with Crippen LogP contribution in [0.5, 0.6) is 0 Å². The predicted molar refractivity (Wildman–Crippen MR) is 79.1 cm³/mol. The van der Waals surface area contributed by atoms with Crippen molar-refractivity contribution in [2.45, 2.75) is 33.2 Å². The number of hydrogen-bond acceptors (Lipinski definition) is 2. The van der Waals surface area contributed by atoms with E-state index in [1.165, 1.54) is 11.9 Å². The standard InChI is InChI=1S/C15H22N2O3/c1-5-13(14(18)19)16(4)15(20)17(6-2)12-9-7-11(3)8-10-12/h7-10,13H,5-6H2,1-4H3,(H,18,19). The van der Waals surface area contributed by atoms with Crippen LogP contribution in [0, 0.1) is 6.92 Å². The molecule has 0 radical (unpaired) electrons. The molecule has 0 spiro atoms. The van der Waals surface area contributed by atoms with Gasteiger partial charge in [-0.05, 0) is 32.4 Å². The van der Waals surface area contributed by atoms with Crippen LogP contribution in [0.15, 0.2) is 24.3 Å². The monoisotopic (exact) mass is 278 g/mol. The maximum absolute atomic E-state index is 12.5. The van der Waals surface area contributed by atoms with Crippen LogP contribution in [0.4, 0.5) is 10.5 Å². The van der Waals surface area contributed by atoms with Crippen molar-refractivity contribution in [3.8, 4) is 0 Å². The molecule has 0 saturated heterocycles. The zero-order chi connectivity index (χ0) is 15.3. The molecule has 1 aromatic carbocycles. The normalized spacial score (nSPS) is 11.8. The van der Waals surface area contributed by atoms with Crippen LogP contribution >= 0.6 is 0 Å². The number of anilines is 1. The first kappa shape index (κ1) is 16.0. The first-order valence-electron chi connectivity index (χ1n) is 6.76. The second-order valence-corrected chi connectivity index (χ2v) is 4.74. The number of rotatable bonds is 5. The van der Waals surface area contributed by atoms with Crippen molar-refractivity contribution in [1.29, 1.82) is 0 Å². The fourth-order valence-electron chi connectivity index (χ4n) is 2.09. The summed E-state index contributed by atoms with van der Waals surface area (Å²) in [6.07, 6.45) is 0.378. The summed E-state index contributed by atoms with van der Waals surface area (Å²) in [7, 11) is 1.53. The van der Waals surface area contributed by atoms with Crippen molar-refractivity contribution in [2.24, 2.45) is 0 Å². The van der Waals surface area contributed by atoms with E-state index < -0.39 is 12.0 Å². The van der Waals surface area contributed by atoms with Crippen LogP contribution in [0.3, 0.4) is 0 Å². The van der Waals surface area contributed by atoms with E-state index in [0.29, 0.717) is 13.0 Å². The molecule has 1 unspecified atom stereocenters.